The molecule has 1 atom stereocenters. The largest absolute Gasteiger partial charge is 0.493 e. The van der Waals surface area contributed by atoms with Gasteiger partial charge in [0.1, 0.15) is 10.8 Å². The summed E-state index contributed by atoms with van der Waals surface area (Å²) in [6, 6.07) is 7.09. The quantitative estimate of drug-likeness (QED) is 0.825. The fourth-order valence-corrected chi connectivity index (χ4v) is 3.62. The van der Waals surface area contributed by atoms with Crippen LogP contribution in [0.1, 0.15) is 37.6 Å². The summed E-state index contributed by atoms with van der Waals surface area (Å²) in [5, 5.41) is 5.38. The molecule has 0 fully saturated rings. The van der Waals surface area contributed by atoms with Crippen molar-refractivity contribution in [3.05, 3.63) is 35.2 Å². The zero-order valence-corrected chi connectivity index (χ0v) is 15.0. The fourth-order valence-electron chi connectivity index (χ4n) is 1.81. The molecule has 1 N–H and O–H groups in total. The molecule has 0 aliphatic rings. The van der Waals surface area contributed by atoms with Crippen molar-refractivity contribution < 1.29 is 13.7 Å². The van der Waals surface area contributed by atoms with Gasteiger partial charge in [0.25, 0.3) is 5.91 Å². The van der Waals surface area contributed by atoms with E-state index in [2.05, 4.69) is 10.3 Å². The Labute approximate surface area is 142 Å². The van der Waals surface area contributed by atoms with Gasteiger partial charge < -0.3 is 4.74 Å². The molecule has 1 amide bonds. The lowest BCUT2D eigenvalue weighted by Gasteiger charge is -2.09. The smallest absolute Gasteiger partial charge is 0.261 e. The Hall–Kier alpha value is -1.73. The van der Waals surface area contributed by atoms with Crippen LogP contribution in [0.3, 0.4) is 0 Å². The molecule has 0 spiro atoms. The minimum absolute atomic E-state index is 0.0104. The van der Waals surface area contributed by atoms with Crippen molar-refractivity contribution in [2.75, 3.05) is 11.9 Å². The number of anilines is 1. The van der Waals surface area contributed by atoms with E-state index >= 15 is 0 Å². The van der Waals surface area contributed by atoms with Crippen LogP contribution >= 0.6 is 11.3 Å². The molecule has 0 bridgehead atoms. The van der Waals surface area contributed by atoms with E-state index < -0.39 is 10.8 Å². The first-order valence-corrected chi connectivity index (χ1v) is 9.51. The van der Waals surface area contributed by atoms with Crippen molar-refractivity contribution in [2.24, 2.45) is 0 Å². The van der Waals surface area contributed by atoms with Crippen LogP contribution in [0, 0.1) is 0 Å². The summed E-state index contributed by atoms with van der Waals surface area (Å²) in [5.41, 5.74) is 0.461. The molecule has 0 radical (unpaired) electrons. The van der Waals surface area contributed by atoms with Gasteiger partial charge in [-0.25, -0.2) is 4.98 Å². The molecule has 2 rings (SSSR count). The van der Waals surface area contributed by atoms with Crippen LogP contribution < -0.4 is 10.1 Å². The van der Waals surface area contributed by atoms with Gasteiger partial charge in [-0.1, -0.05) is 32.9 Å². The summed E-state index contributed by atoms with van der Waals surface area (Å²) in [4.78, 5) is 16.6. The number of nitrogens with zero attached hydrogens (tertiary/aromatic N) is 1. The third kappa shape index (κ3) is 4.62. The van der Waals surface area contributed by atoms with E-state index in [1.54, 1.807) is 23.6 Å². The van der Waals surface area contributed by atoms with Crippen molar-refractivity contribution in [1.82, 2.24) is 4.98 Å². The van der Waals surface area contributed by atoms with Crippen LogP contribution in [0.15, 0.2) is 34.7 Å². The molecule has 1 aromatic heterocycles. The van der Waals surface area contributed by atoms with E-state index in [-0.39, 0.29) is 11.2 Å². The first-order valence-electron chi connectivity index (χ1n) is 7.42. The van der Waals surface area contributed by atoms with E-state index in [4.69, 9.17) is 4.74 Å². The number of hydrogen-bond acceptors (Lipinski definition) is 5. The number of para-hydroxylation sites is 1. The van der Waals surface area contributed by atoms with Gasteiger partial charge in [-0.15, -0.1) is 11.3 Å². The number of benzene rings is 1. The highest BCUT2D eigenvalue weighted by atomic mass is 32.2. The molecule has 1 unspecified atom stereocenters. The van der Waals surface area contributed by atoms with Crippen molar-refractivity contribution in [2.45, 2.75) is 37.5 Å². The average molecular weight is 352 g/mol. The van der Waals surface area contributed by atoms with Gasteiger partial charge in [0, 0.05) is 10.6 Å². The predicted octanol–water partition coefficient (Wildman–Crippen LogP) is 3.70. The van der Waals surface area contributed by atoms with Crippen molar-refractivity contribution in [3.8, 4) is 5.75 Å². The lowest BCUT2D eigenvalue weighted by molar-refractivity contribution is 0.102. The second-order valence-corrected chi connectivity index (χ2v) is 7.95. The van der Waals surface area contributed by atoms with E-state index in [9.17, 15) is 9.00 Å². The Kier molecular flexibility index (Phi) is 6.29. The van der Waals surface area contributed by atoms with Gasteiger partial charge >= 0.3 is 0 Å². The molecule has 0 saturated heterocycles. The molecule has 1 heterocycles. The molecule has 0 aliphatic carbocycles. The lowest BCUT2D eigenvalue weighted by Crippen LogP contribution is -2.14. The summed E-state index contributed by atoms with van der Waals surface area (Å²) in [7, 11) is -1.16. The Morgan fingerprint density at radius 3 is 2.83 bits per heavy atom. The standard InChI is InChI=1S/C16H20N2O3S2/c1-4-9-21-13-8-6-5-7-12(13)15(19)18-16-17-14(10-22-16)23(20)11(2)3/h5-8,10-11H,4,9H2,1-3H3,(H,17,18,19). The molecule has 5 nitrogen and oxygen atoms in total. The highest BCUT2D eigenvalue weighted by Gasteiger charge is 2.16. The van der Waals surface area contributed by atoms with Crippen molar-refractivity contribution in [3.63, 3.8) is 0 Å². The number of ether oxygens (including phenoxy) is 1. The summed E-state index contributed by atoms with van der Waals surface area (Å²) in [6.07, 6.45) is 0.868. The topological polar surface area (TPSA) is 68.3 Å². The molecule has 0 aliphatic heterocycles. The molecule has 23 heavy (non-hydrogen) atoms. The number of amides is 1. The maximum atomic E-state index is 12.4. The van der Waals surface area contributed by atoms with Crippen molar-refractivity contribution >= 4 is 33.2 Å². The minimum Gasteiger partial charge on any atom is -0.493 e. The maximum Gasteiger partial charge on any atom is 0.261 e. The zero-order chi connectivity index (χ0) is 16.8. The van der Waals surface area contributed by atoms with Crippen LogP contribution in [0.5, 0.6) is 5.75 Å². The number of thiazole rings is 1. The summed E-state index contributed by atoms with van der Waals surface area (Å²) in [5.74, 6) is 0.266. The molecule has 2 aromatic rings. The molecule has 1 aromatic carbocycles. The Bertz CT molecular complexity index is 698. The Balaban J connectivity index is 2.12. The van der Waals surface area contributed by atoms with Crippen molar-refractivity contribution in [1.29, 1.82) is 0 Å². The average Bonchev–Trinajstić information content (AvgIpc) is 3.00. The second-order valence-electron chi connectivity index (χ2n) is 5.14. The number of rotatable bonds is 7. The van der Waals surface area contributed by atoms with E-state index in [1.807, 2.05) is 26.8 Å². The highest BCUT2D eigenvalue weighted by molar-refractivity contribution is 7.85. The van der Waals surface area contributed by atoms with Crippen LogP contribution in [-0.4, -0.2) is 27.0 Å². The van der Waals surface area contributed by atoms with Gasteiger partial charge in [0.15, 0.2) is 5.13 Å². The van der Waals surface area contributed by atoms with E-state index in [1.165, 1.54) is 11.3 Å². The first-order chi connectivity index (χ1) is 11.0. The van der Waals surface area contributed by atoms with Gasteiger partial charge in [-0.3, -0.25) is 14.3 Å². The zero-order valence-electron chi connectivity index (χ0n) is 13.4. The van der Waals surface area contributed by atoms with Crippen LogP contribution in [-0.2, 0) is 10.8 Å². The number of carbonyl (C=O) groups excluding carboxylic acids is 1. The maximum absolute atomic E-state index is 12.4. The summed E-state index contributed by atoms with van der Waals surface area (Å²) in [6.45, 7) is 6.30. The lowest BCUT2D eigenvalue weighted by atomic mass is 10.2. The Morgan fingerprint density at radius 2 is 2.13 bits per heavy atom. The van der Waals surface area contributed by atoms with E-state index in [0.717, 1.165) is 6.42 Å². The summed E-state index contributed by atoms with van der Waals surface area (Å²) >= 11 is 1.27. The number of hydrogen-bond donors (Lipinski definition) is 1. The van der Waals surface area contributed by atoms with Gasteiger partial charge in [-0.05, 0) is 18.6 Å². The minimum atomic E-state index is -1.16. The van der Waals surface area contributed by atoms with Gasteiger partial charge in [0.2, 0.25) is 0 Å². The Morgan fingerprint density at radius 1 is 1.39 bits per heavy atom. The van der Waals surface area contributed by atoms with Crippen LogP contribution in [0.2, 0.25) is 0 Å². The normalized spacial score (nSPS) is 12.2. The molecule has 7 heteroatoms. The third-order valence-corrected chi connectivity index (χ3v) is 5.32. The highest BCUT2D eigenvalue weighted by Crippen LogP contribution is 2.23. The first kappa shape index (κ1) is 17.6. The van der Waals surface area contributed by atoms with Crippen LogP contribution in [0.25, 0.3) is 0 Å². The van der Waals surface area contributed by atoms with Crippen LogP contribution in [0.4, 0.5) is 5.13 Å². The summed E-state index contributed by atoms with van der Waals surface area (Å²) < 4.78 is 17.6. The van der Waals surface area contributed by atoms with E-state index in [0.29, 0.717) is 28.1 Å². The molecule has 124 valence electrons. The van der Waals surface area contributed by atoms with Gasteiger partial charge in [-0.2, -0.15) is 0 Å². The SMILES string of the molecule is CCCOc1ccccc1C(=O)Nc1nc(S(=O)C(C)C)cs1. The monoisotopic (exact) mass is 352 g/mol. The molecular formula is C16H20N2O3S2. The second kappa shape index (κ2) is 8.21. The number of aromatic nitrogens is 1. The predicted molar refractivity (Wildman–Crippen MR) is 93.8 cm³/mol. The fraction of sp³-hybridized carbons (Fsp3) is 0.375. The third-order valence-electron chi connectivity index (χ3n) is 2.93. The van der Waals surface area contributed by atoms with Gasteiger partial charge in [0.05, 0.1) is 23.0 Å². The molecular weight excluding hydrogens is 332 g/mol. The molecule has 0 saturated carbocycles. The number of carbonyl (C=O) groups is 1. The number of nitrogens with one attached hydrogen (secondary N) is 1.